The molecule has 0 bridgehead atoms. The summed E-state index contributed by atoms with van der Waals surface area (Å²) in [6.45, 7) is 8.01. The summed E-state index contributed by atoms with van der Waals surface area (Å²) in [5.74, 6) is 0.150. The Labute approximate surface area is 122 Å². The van der Waals surface area contributed by atoms with Crippen LogP contribution >= 0.6 is 0 Å². The number of anilines is 1. The van der Waals surface area contributed by atoms with Gasteiger partial charge in [0.15, 0.2) is 0 Å². The van der Waals surface area contributed by atoms with E-state index in [4.69, 9.17) is 0 Å². The molecule has 3 heteroatoms. The molecule has 1 unspecified atom stereocenters. The highest BCUT2D eigenvalue weighted by molar-refractivity contribution is 5.92. The summed E-state index contributed by atoms with van der Waals surface area (Å²) in [7, 11) is 0. The summed E-state index contributed by atoms with van der Waals surface area (Å²) >= 11 is 0. The van der Waals surface area contributed by atoms with Gasteiger partial charge < -0.3 is 10.2 Å². The van der Waals surface area contributed by atoms with Gasteiger partial charge in [-0.15, -0.1) is 0 Å². The van der Waals surface area contributed by atoms with Gasteiger partial charge in [-0.3, -0.25) is 4.79 Å². The number of fused-ring (bicyclic) bond motifs is 1. The molecule has 0 aromatic heterocycles. The molecule has 1 heterocycles. The molecular weight excluding hydrogens is 248 g/mol. The highest BCUT2D eigenvalue weighted by atomic mass is 16.2. The first kappa shape index (κ1) is 15.0. The third-order valence-electron chi connectivity index (χ3n) is 3.93. The zero-order valence-corrected chi connectivity index (χ0v) is 12.9. The first-order chi connectivity index (χ1) is 9.61. The van der Waals surface area contributed by atoms with Crippen LogP contribution in [0, 0.1) is 0 Å². The Hall–Kier alpha value is -1.35. The number of nitrogens with one attached hydrogen (secondary N) is 1. The molecule has 110 valence electrons. The standard InChI is InChI=1S/C17H26N2O/c1-4-9-18-13(2)11-15-7-8-17-16(12-15)6-5-10-19(17)14(3)20/h7-8,12-13,18H,4-6,9-11H2,1-3H3. The van der Waals surface area contributed by atoms with E-state index in [-0.39, 0.29) is 5.91 Å². The van der Waals surface area contributed by atoms with Crippen LogP contribution in [0.25, 0.3) is 0 Å². The zero-order valence-electron chi connectivity index (χ0n) is 12.9. The van der Waals surface area contributed by atoms with Gasteiger partial charge in [-0.2, -0.15) is 0 Å². The minimum absolute atomic E-state index is 0.150. The monoisotopic (exact) mass is 274 g/mol. The lowest BCUT2D eigenvalue weighted by Gasteiger charge is -2.29. The van der Waals surface area contributed by atoms with Crippen molar-refractivity contribution in [1.29, 1.82) is 0 Å². The van der Waals surface area contributed by atoms with Gasteiger partial charge in [0.1, 0.15) is 0 Å². The number of hydrogen-bond acceptors (Lipinski definition) is 2. The maximum atomic E-state index is 11.7. The molecule has 1 aromatic carbocycles. The summed E-state index contributed by atoms with van der Waals surface area (Å²) in [4.78, 5) is 13.6. The summed E-state index contributed by atoms with van der Waals surface area (Å²) in [6, 6.07) is 7.08. The van der Waals surface area contributed by atoms with Crippen molar-refractivity contribution in [3.8, 4) is 0 Å². The van der Waals surface area contributed by atoms with Gasteiger partial charge in [0.25, 0.3) is 0 Å². The first-order valence-electron chi connectivity index (χ1n) is 7.75. The molecule has 20 heavy (non-hydrogen) atoms. The molecule has 0 radical (unpaired) electrons. The second-order valence-corrected chi connectivity index (χ2v) is 5.80. The fourth-order valence-corrected chi connectivity index (χ4v) is 2.92. The minimum Gasteiger partial charge on any atom is -0.314 e. The molecule has 1 atom stereocenters. The van der Waals surface area contributed by atoms with Crippen molar-refractivity contribution in [2.45, 2.75) is 52.5 Å². The van der Waals surface area contributed by atoms with Gasteiger partial charge >= 0.3 is 0 Å². The topological polar surface area (TPSA) is 32.3 Å². The third kappa shape index (κ3) is 3.60. The molecule has 0 saturated carbocycles. The number of hydrogen-bond donors (Lipinski definition) is 1. The van der Waals surface area contributed by atoms with Gasteiger partial charge in [0, 0.05) is 25.2 Å². The Kier molecular flexibility index (Phi) is 5.18. The van der Waals surface area contributed by atoms with E-state index >= 15 is 0 Å². The second-order valence-electron chi connectivity index (χ2n) is 5.80. The predicted octanol–water partition coefficient (Wildman–Crippen LogP) is 2.92. The lowest BCUT2D eigenvalue weighted by atomic mass is 9.96. The molecule has 0 saturated heterocycles. The van der Waals surface area contributed by atoms with E-state index in [0.29, 0.717) is 6.04 Å². The second kappa shape index (κ2) is 6.89. The molecule has 0 spiro atoms. The number of carbonyl (C=O) groups is 1. The molecule has 0 fully saturated rings. The van der Waals surface area contributed by atoms with Crippen LogP contribution in [0.4, 0.5) is 5.69 Å². The minimum atomic E-state index is 0.150. The van der Waals surface area contributed by atoms with Crippen LogP contribution in [0.2, 0.25) is 0 Å². The summed E-state index contributed by atoms with van der Waals surface area (Å²) in [5.41, 5.74) is 3.80. The molecule has 2 rings (SSSR count). The summed E-state index contributed by atoms with van der Waals surface area (Å²) in [5, 5.41) is 3.52. The number of aryl methyl sites for hydroxylation is 1. The van der Waals surface area contributed by atoms with Crippen molar-refractivity contribution in [1.82, 2.24) is 5.32 Å². The van der Waals surface area contributed by atoms with E-state index in [0.717, 1.165) is 38.0 Å². The van der Waals surface area contributed by atoms with E-state index in [9.17, 15) is 4.79 Å². The van der Waals surface area contributed by atoms with Gasteiger partial charge in [-0.25, -0.2) is 0 Å². The van der Waals surface area contributed by atoms with Crippen LogP contribution in [0.1, 0.15) is 44.7 Å². The number of carbonyl (C=O) groups excluding carboxylic acids is 1. The number of nitrogens with zero attached hydrogens (tertiary/aromatic N) is 1. The van der Waals surface area contributed by atoms with E-state index in [1.54, 1.807) is 6.92 Å². The Morgan fingerprint density at radius 1 is 1.45 bits per heavy atom. The van der Waals surface area contributed by atoms with Crippen LogP contribution in [0.15, 0.2) is 18.2 Å². The first-order valence-corrected chi connectivity index (χ1v) is 7.75. The van der Waals surface area contributed by atoms with Crippen LogP contribution in [-0.4, -0.2) is 25.0 Å². The maximum absolute atomic E-state index is 11.7. The van der Waals surface area contributed by atoms with Gasteiger partial charge in [-0.05, 0) is 56.3 Å². The van der Waals surface area contributed by atoms with Crippen molar-refractivity contribution in [3.05, 3.63) is 29.3 Å². The molecule has 1 aliphatic heterocycles. The van der Waals surface area contributed by atoms with Crippen LogP contribution in [0.5, 0.6) is 0 Å². The fourth-order valence-electron chi connectivity index (χ4n) is 2.92. The average Bonchev–Trinajstić information content (AvgIpc) is 2.44. The highest BCUT2D eigenvalue weighted by Gasteiger charge is 2.20. The van der Waals surface area contributed by atoms with Crippen molar-refractivity contribution >= 4 is 11.6 Å². The Balaban J connectivity index is 2.09. The number of benzene rings is 1. The largest absolute Gasteiger partial charge is 0.314 e. The van der Waals surface area contributed by atoms with Crippen LogP contribution in [0.3, 0.4) is 0 Å². The van der Waals surface area contributed by atoms with E-state index in [1.807, 2.05) is 4.90 Å². The smallest absolute Gasteiger partial charge is 0.223 e. The van der Waals surface area contributed by atoms with Crippen molar-refractivity contribution in [2.75, 3.05) is 18.0 Å². The maximum Gasteiger partial charge on any atom is 0.223 e. The lowest BCUT2D eigenvalue weighted by molar-refractivity contribution is -0.116. The van der Waals surface area contributed by atoms with Crippen LogP contribution < -0.4 is 10.2 Å². The number of rotatable bonds is 5. The average molecular weight is 274 g/mol. The quantitative estimate of drug-likeness (QED) is 0.895. The molecule has 1 aromatic rings. The van der Waals surface area contributed by atoms with Crippen molar-refractivity contribution in [3.63, 3.8) is 0 Å². The third-order valence-corrected chi connectivity index (χ3v) is 3.93. The molecule has 1 aliphatic rings. The van der Waals surface area contributed by atoms with Crippen LogP contribution in [-0.2, 0) is 17.6 Å². The number of amides is 1. The summed E-state index contributed by atoms with van der Waals surface area (Å²) < 4.78 is 0. The van der Waals surface area contributed by atoms with Gasteiger partial charge in [-0.1, -0.05) is 19.1 Å². The molecule has 0 aliphatic carbocycles. The van der Waals surface area contributed by atoms with E-state index in [2.05, 4.69) is 37.4 Å². The highest BCUT2D eigenvalue weighted by Crippen LogP contribution is 2.28. The molecule has 1 N–H and O–H groups in total. The zero-order chi connectivity index (χ0) is 14.5. The Morgan fingerprint density at radius 2 is 2.25 bits per heavy atom. The molecular formula is C17H26N2O. The summed E-state index contributed by atoms with van der Waals surface area (Å²) in [6.07, 6.45) is 4.37. The fraction of sp³-hybridized carbons (Fsp3) is 0.588. The SMILES string of the molecule is CCCNC(C)Cc1ccc2c(c1)CCCN2C(C)=O. The molecule has 1 amide bonds. The van der Waals surface area contributed by atoms with Crippen molar-refractivity contribution < 1.29 is 4.79 Å². The lowest BCUT2D eigenvalue weighted by Crippen LogP contribution is -2.33. The van der Waals surface area contributed by atoms with E-state index < -0.39 is 0 Å². The van der Waals surface area contributed by atoms with Gasteiger partial charge in [0.05, 0.1) is 0 Å². The van der Waals surface area contributed by atoms with E-state index in [1.165, 1.54) is 17.5 Å². The van der Waals surface area contributed by atoms with Gasteiger partial charge in [0.2, 0.25) is 5.91 Å². The predicted molar refractivity (Wildman–Crippen MR) is 84.2 cm³/mol. The normalized spacial score (nSPS) is 15.8. The molecule has 3 nitrogen and oxygen atoms in total. The Morgan fingerprint density at radius 3 is 2.95 bits per heavy atom. The Bertz CT molecular complexity index is 470. The van der Waals surface area contributed by atoms with Crippen molar-refractivity contribution in [2.24, 2.45) is 0 Å².